The zero-order valence-corrected chi connectivity index (χ0v) is 13.5. The van der Waals surface area contributed by atoms with Crippen LogP contribution in [0.5, 0.6) is 0 Å². The van der Waals surface area contributed by atoms with Crippen LogP contribution < -0.4 is 10.9 Å². The molecule has 0 saturated carbocycles. The first-order chi connectivity index (χ1) is 11.4. The molecule has 0 unspecified atom stereocenters. The first-order valence-corrected chi connectivity index (χ1v) is 7.47. The van der Waals surface area contributed by atoms with Gasteiger partial charge in [0.05, 0.1) is 12.5 Å². The summed E-state index contributed by atoms with van der Waals surface area (Å²) in [6, 6.07) is 7.85. The van der Waals surface area contributed by atoms with E-state index < -0.39 is 17.5 Å². The second kappa shape index (κ2) is 5.96. The van der Waals surface area contributed by atoms with E-state index in [0.29, 0.717) is 27.4 Å². The van der Waals surface area contributed by atoms with Gasteiger partial charge in [-0.1, -0.05) is 32.0 Å². The Balaban J connectivity index is 2.43. The fourth-order valence-electron chi connectivity index (χ4n) is 2.90. The first-order valence-electron chi connectivity index (χ1n) is 7.47. The van der Waals surface area contributed by atoms with E-state index in [0.717, 1.165) is 0 Å². The van der Waals surface area contributed by atoms with E-state index in [1.165, 1.54) is 13.2 Å². The summed E-state index contributed by atoms with van der Waals surface area (Å²) in [5.41, 5.74) is 0.378. The monoisotopic (exact) mass is 329 g/mol. The van der Waals surface area contributed by atoms with Gasteiger partial charge in [-0.05, 0) is 23.6 Å². The number of amides is 1. The van der Waals surface area contributed by atoms with Gasteiger partial charge in [0.15, 0.2) is 11.4 Å². The van der Waals surface area contributed by atoms with Crippen LogP contribution in [0.15, 0.2) is 39.5 Å². The van der Waals surface area contributed by atoms with E-state index in [4.69, 9.17) is 4.42 Å². The third kappa shape index (κ3) is 2.50. The van der Waals surface area contributed by atoms with Gasteiger partial charge < -0.3 is 9.15 Å². The number of hydrogen-bond acceptors (Lipinski definition) is 4. The minimum atomic E-state index is -0.639. The number of rotatable bonds is 2. The van der Waals surface area contributed by atoms with E-state index in [1.54, 1.807) is 24.3 Å². The van der Waals surface area contributed by atoms with E-state index in [-0.39, 0.29) is 11.5 Å². The minimum absolute atomic E-state index is 0.0709. The lowest BCUT2D eigenvalue weighted by Crippen LogP contribution is -2.15. The molecule has 1 N–H and O–H groups in total. The van der Waals surface area contributed by atoms with Crippen molar-refractivity contribution in [3.8, 4) is 0 Å². The Morgan fingerprint density at radius 2 is 1.96 bits per heavy atom. The van der Waals surface area contributed by atoms with Gasteiger partial charge in [0.25, 0.3) is 0 Å². The Bertz CT molecular complexity index is 1010. The van der Waals surface area contributed by atoms with E-state index >= 15 is 0 Å². The minimum Gasteiger partial charge on any atom is -0.453 e. The summed E-state index contributed by atoms with van der Waals surface area (Å²) in [7, 11) is 1.26. The standard InChI is InChI=1S/C18H16FNO4/c1-9(2)14-13(20-18(22)23-3)8-7-10-11-5-4-6-12(19)16(11)24-17(21)15(10)14/h4-9H,1-3H3,(H,20,22). The van der Waals surface area contributed by atoms with Crippen LogP contribution in [0, 0.1) is 5.82 Å². The SMILES string of the molecule is COC(=O)Nc1ccc2c(c1C(C)C)c(=O)oc1c(F)cccc12. The predicted molar refractivity (Wildman–Crippen MR) is 90.1 cm³/mol. The Labute approximate surface area is 137 Å². The molecule has 0 aliphatic heterocycles. The van der Waals surface area contributed by atoms with Crippen molar-refractivity contribution in [1.82, 2.24) is 0 Å². The molecule has 1 amide bonds. The highest BCUT2D eigenvalue weighted by atomic mass is 19.1. The number of benzene rings is 2. The lowest BCUT2D eigenvalue weighted by molar-refractivity contribution is 0.187. The molecule has 0 saturated heterocycles. The fourth-order valence-corrected chi connectivity index (χ4v) is 2.90. The third-order valence-corrected chi connectivity index (χ3v) is 3.90. The lowest BCUT2D eigenvalue weighted by Gasteiger charge is -2.16. The summed E-state index contributed by atoms with van der Waals surface area (Å²) in [5, 5.41) is 4.03. The van der Waals surface area contributed by atoms with Crippen molar-refractivity contribution in [3.05, 3.63) is 52.1 Å². The van der Waals surface area contributed by atoms with E-state index in [9.17, 15) is 14.0 Å². The average molecular weight is 329 g/mol. The van der Waals surface area contributed by atoms with Crippen LogP contribution in [0.3, 0.4) is 0 Å². The van der Waals surface area contributed by atoms with Crippen molar-refractivity contribution in [2.75, 3.05) is 12.4 Å². The van der Waals surface area contributed by atoms with Crippen molar-refractivity contribution >= 4 is 33.5 Å². The van der Waals surface area contributed by atoms with Crippen molar-refractivity contribution in [2.24, 2.45) is 0 Å². The highest BCUT2D eigenvalue weighted by molar-refractivity contribution is 6.07. The van der Waals surface area contributed by atoms with Crippen LogP contribution in [0.4, 0.5) is 14.9 Å². The van der Waals surface area contributed by atoms with Gasteiger partial charge >= 0.3 is 11.7 Å². The van der Waals surface area contributed by atoms with Crippen LogP contribution >= 0.6 is 0 Å². The predicted octanol–water partition coefficient (Wildman–Crippen LogP) is 4.39. The maximum Gasteiger partial charge on any atom is 0.411 e. The molecule has 1 heterocycles. The fraction of sp³-hybridized carbons (Fsp3) is 0.222. The summed E-state index contributed by atoms with van der Waals surface area (Å²) in [4.78, 5) is 24.1. The third-order valence-electron chi connectivity index (χ3n) is 3.90. The number of halogens is 1. The normalized spacial score (nSPS) is 11.2. The van der Waals surface area contributed by atoms with E-state index in [1.807, 2.05) is 13.8 Å². The van der Waals surface area contributed by atoms with Crippen LogP contribution in [0.25, 0.3) is 21.7 Å². The topological polar surface area (TPSA) is 68.5 Å². The molecule has 24 heavy (non-hydrogen) atoms. The number of para-hydroxylation sites is 1. The Morgan fingerprint density at radius 1 is 1.21 bits per heavy atom. The maximum absolute atomic E-state index is 13.9. The van der Waals surface area contributed by atoms with Crippen LogP contribution in [0.1, 0.15) is 25.3 Å². The Morgan fingerprint density at radius 3 is 2.62 bits per heavy atom. The van der Waals surface area contributed by atoms with Crippen LogP contribution in [0.2, 0.25) is 0 Å². The number of anilines is 1. The quantitative estimate of drug-likeness (QED) is 0.559. The average Bonchev–Trinajstić information content (AvgIpc) is 2.55. The molecule has 0 aliphatic rings. The molecule has 0 spiro atoms. The van der Waals surface area contributed by atoms with Gasteiger partial charge in [-0.3, -0.25) is 5.32 Å². The van der Waals surface area contributed by atoms with Crippen LogP contribution in [-0.4, -0.2) is 13.2 Å². The molecule has 2 aromatic carbocycles. The highest BCUT2D eigenvalue weighted by Crippen LogP contribution is 2.34. The lowest BCUT2D eigenvalue weighted by atomic mass is 9.94. The van der Waals surface area contributed by atoms with Gasteiger partial charge in [-0.15, -0.1) is 0 Å². The van der Waals surface area contributed by atoms with Crippen molar-refractivity contribution in [1.29, 1.82) is 0 Å². The molecular weight excluding hydrogens is 313 g/mol. The maximum atomic E-state index is 13.9. The highest BCUT2D eigenvalue weighted by Gasteiger charge is 2.19. The molecular formula is C18H16FNO4. The van der Waals surface area contributed by atoms with Crippen molar-refractivity contribution in [3.63, 3.8) is 0 Å². The molecule has 0 aliphatic carbocycles. The smallest absolute Gasteiger partial charge is 0.411 e. The summed E-state index contributed by atoms with van der Waals surface area (Å²) < 4.78 is 23.8. The number of nitrogens with one attached hydrogen (secondary N) is 1. The Kier molecular flexibility index (Phi) is 3.97. The van der Waals surface area contributed by atoms with Gasteiger partial charge in [0, 0.05) is 16.5 Å². The molecule has 1 aromatic heterocycles. The summed E-state index contributed by atoms with van der Waals surface area (Å²) in [6.07, 6.45) is -0.632. The largest absolute Gasteiger partial charge is 0.453 e. The molecule has 0 atom stereocenters. The number of methoxy groups -OCH3 is 1. The van der Waals surface area contributed by atoms with E-state index in [2.05, 4.69) is 10.1 Å². The number of fused-ring (bicyclic) bond motifs is 3. The summed E-state index contributed by atoms with van der Waals surface area (Å²) in [5.74, 6) is -0.663. The Hall–Kier alpha value is -2.89. The summed E-state index contributed by atoms with van der Waals surface area (Å²) in [6.45, 7) is 3.79. The summed E-state index contributed by atoms with van der Waals surface area (Å²) >= 11 is 0. The first kappa shape index (κ1) is 16.0. The zero-order valence-electron chi connectivity index (χ0n) is 13.5. The number of carbonyl (C=O) groups is 1. The number of hydrogen-bond donors (Lipinski definition) is 1. The van der Waals surface area contributed by atoms with Crippen molar-refractivity contribution < 1.29 is 18.3 Å². The van der Waals surface area contributed by atoms with Crippen molar-refractivity contribution in [2.45, 2.75) is 19.8 Å². The van der Waals surface area contributed by atoms with Crippen LogP contribution in [-0.2, 0) is 4.74 Å². The van der Waals surface area contributed by atoms with Gasteiger partial charge in [0.2, 0.25) is 0 Å². The molecule has 3 aromatic rings. The molecule has 6 heteroatoms. The second-order valence-electron chi connectivity index (χ2n) is 5.73. The molecule has 0 fully saturated rings. The molecule has 5 nitrogen and oxygen atoms in total. The zero-order chi connectivity index (χ0) is 17.4. The van der Waals surface area contributed by atoms with Gasteiger partial charge in [-0.25, -0.2) is 14.0 Å². The number of carbonyl (C=O) groups excluding carboxylic acids is 1. The second-order valence-corrected chi connectivity index (χ2v) is 5.73. The molecule has 0 radical (unpaired) electrons. The molecule has 0 bridgehead atoms. The molecule has 3 rings (SSSR count). The number of ether oxygens (including phenoxy) is 1. The van der Waals surface area contributed by atoms with Gasteiger partial charge in [0.1, 0.15) is 0 Å². The molecule has 124 valence electrons. The van der Waals surface area contributed by atoms with Gasteiger partial charge in [-0.2, -0.15) is 0 Å².